The van der Waals surface area contributed by atoms with Crippen LogP contribution in [0, 0.1) is 11.8 Å². The summed E-state index contributed by atoms with van der Waals surface area (Å²) in [6.07, 6.45) is 6.92. The third kappa shape index (κ3) is 3.85. The summed E-state index contributed by atoms with van der Waals surface area (Å²) in [7, 11) is -3.15. The maximum absolute atomic E-state index is 12.4. The highest BCUT2D eigenvalue weighted by Crippen LogP contribution is 2.27. The van der Waals surface area contributed by atoms with Crippen LogP contribution in [0.15, 0.2) is 5.16 Å². The summed E-state index contributed by atoms with van der Waals surface area (Å²) in [6.45, 7) is 0.964. The second-order valence-electron chi connectivity index (χ2n) is 5.98. The van der Waals surface area contributed by atoms with Crippen molar-refractivity contribution in [3.05, 3.63) is 0 Å². The van der Waals surface area contributed by atoms with E-state index in [1.807, 2.05) is 0 Å². The Balaban J connectivity index is 1.88. The highest BCUT2D eigenvalue weighted by molar-refractivity contribution is 7.89. The van der Waals surface area contributed by atoms with Crippen LogP contribution in [0.3, 0.4) is 0 Å². The molecule has 1 heterocycles. The number of amidine groups is 1. The third-order valence-corrected chi connectivity index (χ3v) is 6.60. The highest BCUT2D eigenvalue weighted by atomic mass is 32.2. The molecule has 0 aromatic carbocycles. The van der Waals surface area contributed by atoms with E-state index in [0.717, 1.165) is 25.7 Å². The maximum Gasteiger partial charge on any atom is 0.214 e. The largest absolute Gasteiger partial charge is 0.409 e. The average Bonchev–Trinajstić information content (AvgIpc) is 2.47. The van der Waals surface area contributed by atoms with Crippen molar-refractivity contribution in [2.75, 3.05) is 18.8 Å². The predicted octanol–water partition coefficient (Wildman–Crippen LogP) is 1.35. The smallest absolute Gasteiger partial charge is 0.214 e. The molecule has 0 amide bonds. The molecule has 0 radical (unpaired) electrons. The van der Waals surface area contributed by atoms with Crippen molar-refractivity contribution in [1.29, 1.82) is 0 Å². The Kier molecular flexibility index (Phi) is 5.26. The molecule has 0 unspecified atom stereocenters. The Morgan fingerprint density at radius 2 is 1.75 bits per heavy atom. The summed E-state index contributed by atoms with van der Waals surface area (Å²) < 4.78 is 26.4. The zero-order valence-corrected chi connectivity index (χ0v) is 12.7. The van der Waals surface area contributed by atoms with E-state index < -0.39 is 10.0 Å². The van der Waals surface area contributed by atoms with Crippen molar-refractivity contribution in [2.45, 2.75) is 44.9 Å². The fraction of sp³-hybridized carbons (Fsp3) is 0.923. The standard InChI is InChI=1S/C13H25N3O3S/c14-13(15-17)12-6-8-16(9-7-12)20(18,19)10-11-4-2-1-3-5-11/h11-12,17H,1-10H2,(H2,14,15). The molecule has 0 aromatic heterocycles. The van der Waals surface area contributed by atoms with Gasteiger partial charge in [-0.25, -0.2) is 12.7 Å². The van der Waals surface area contributed by atoms with Crippen molar-refractivity contribution < 1.29 is 13.6 Å². The predicted molar refractivity (Wildman–Crippen MR) is 78.1 cm³/mol. The second kappa shape index (κ2) is 6.76. The lowest BCUT2D eigenvalue weighted by molar-refractivity contribution is 0.288. The van der Waals surface area contributed by atoms with Gasteiger partial charge in [0.15, 0.2) is 0 Å². The first kappa shape index (κ1) is 15.6. The third-order valence-electron chi connectivity index (χ3n) is 4.55. The molecule has 1 aliphatic heterocycles. The summed E-state index contributed by atoms with van der Waals surface area (Å²) >= 11 is 0. The summed E-state index contributed by atoms with van der Waals surface area (Å²) in [5.41, 5.74) is 5.58. The number of hydrogen-bond donors (Lipinski definition) is 2. The molecular formula is C13H25N3O3S. The fourth-order valence-corrected chi connectivity index (χ4v) is 5.18. The monoisotopic (exact) mass is 303 g/mol. The summed E-state index contributed by atoms with van der Waals surface area (Å²) in [5.74, 6) is 0.840. The average molecular weight is 303 g/mol. The minimum atomic E-state index is -3.15. The van der Waals surface area contributed by atoms with E-state index in [1.54, 1.807) is 4.31 Å². The van der Waals surface area contributed by atoms with Crippen molar-refractivity contribution >= 4 is 15.9 Å². The normalized spacial score (nSPS) is 24.9. The highest BCUT2D eigenvalue weighted by Gasteiger charge is 2.31. The Morgan fingerprint density at radius 1 is 1.15 bits per heavy atom. The number of sulfonamides is 1. The van der Waals surface area contributed by atoms with Crippen LogP contribution in [0.1, 0.15) is 44.9 Å². The van der Waals surface area contributed by atoms with Gasteiger partial charge in [-0.05, 0) is 31.6 Å². The molecule has 116 valence electrons. The first-order valence-electron chi connectivity index (χ1n) is 7.48. The van der Waals surface area contributed by atoms with Gasteiger partial charge >= 0.3 is 0 Å². The van der Waals surface area contributed by atoms with Gasteiger partial charge in [-0.15, -0.1) is 0 Å². The minimum absolute atomic E-state index is 0.00105. The number of nitrogens with two attached hydrogens (primary N) is 1. The first-order valence-corrected chi connectivity index (χ1v) is 9.09. The quantitative estimate of drug-likeness (QED) is 0.355. The topological polar surface area (TPSA) is 96.0 Å². The van der Waals surface area contributed by atoms with E-state index in [0.29, 0.717) is 37.6 Å². The first-order chi connectivity index (χ1) is 9.53. The molecule has 3 N–H and O–H groups in total. The van der Waals surface area contributed by atoms with E-state index in [2.05, 4.69) is 5.16 Å². The van der Waals surface area contributed by atoms with Crippen LogP contribution in [-0.2, 0) is 10.0 Å². The molecule has 7 heteroatoms. The molecule has 0 bridgehead atoms. The zero-order valence-electron chi connectivity index (χ0n) is 11.9. The summed E-state index contributed by atoms with van der Waals surface area (Å²) in [5, 5.41) is 11.7. The molecular weight excluding hydrogens is 278 g/mol. The van der Waals surface area contributed by atoms with E-state index in [9.17, 15) is 8.42 Å². The van der Waals surface area contributed by atoms with Crippen LogP contribution < -0.4 is 5.73 Å². The van der Waals surface area contributed by atoms with Crippen LogP contribution in [0.5, 0.6) is 0 Å². The molecule has 1 saturated heterocycles. The molecule has 0 spiro atoms. The minimum Gasteiger partial charge on any atom is -0.409 e. The van der Waals surface area contributed by atoms with E-state index >= 15 is 0 Å². The van der Waals surface area contributed by atoms with E-state index in [-0.39, 0.29) is 11.8 Å². The van der Waals surface area contributed by atoms with Crippen LogP contribution in [0.4, 0.5) is 0 Å². The van der Waals surface area contributed by atoms with Crippen LogP contribution >= 0.6 is 0 Å². The molecule has 2 rings (SSSR count). The van der Waals surface area contributed by atoms with E-state index in [1.165, 1.54) is 6.42 Å². The van der Waals surface area contributed by atoms with Crippen molar-refractivity contribution in [1.82, 2.24) is 4.31 Å². The Hall–Kier alpha value is -0.820. The van der Waals surface area contributed by atoms with Gasteiger partial charge in [0.25, 0.3) is 0 Å². The van der Waals surface area contributed by atoms with Gasteiger partial charge in [0.1, 0.15) is 5.84 Å². The summed E-state index contributed by atoms with van der Waals surface area (Å²) in [6, 6.07) is 0. The molecule has 6 nitrogen and oxygen atoms in total. The van der Waals surface area contributed by atoms with Gasteiger partial charge in [-0.1, -0.05) is 24.4 Å². The maximum atomic E-state index is 12.4. The van der Waals surface area contributed by atoms with Gasteiger partial charge < -0.3 is 10.9 Å². The van der Waals surface area contributed by atoms with Crippen molar-refractivity contribution in [3.63, 3.8) is 0 Å². The van der Waals surface area contributed by atoms with Gasteiger partial charge in [-0.3, -0.25) is 0 Å². The van der Waals surface area contributed by atoms with Crippen LogP contribution in [-0.4, -0.2) is 42.6 Å². The van der Waals surface area contributed by atoms with Gasteiger partial charge in [0.2, 0.25) is 10.0 Å². The molecule has 0 aromatic rings. The number of nitrogens with zero attached hydrogens (tertiary/aromatic N) is 2. The number of rotatable bonds is 4. The van der Waals surface area contributed by atoms with E-state index in [4.69, 9.17) is 10.9 Å². The molecule has 1 saturated carbocycles. The number of oxime groups is 1. The Bertz CT molecular complexity index is 436. The van der Waals surface area contributed by atoms with Crippen molar-refractivity contribution in [3.8, 4) is 0 Å². The van der Waals surface area contributed by atoms with Gasteiger partial charge in [0, 0.05) is 19.0 Å². The SMILES string of the molecule is NC(=NO)C1CCN(S(=O)(=O)CC2CCCCC2)CC1. The Labute approximate surface area is 121 Å². The Morgan fingerprint density at radius 3 is 2.30 bits per heavy atom. The second-order valence-corrected chi connectivity index (χ2v) is 7.99. The lowest BCUT2D eigenvalue weighted by atomic mass is 9.91. The summed E-state index contributed by atoms with van der Waals surface area (Å²) in [4.78, 5) is 0. The van der Waals surface area contributed by atoms with Crippen LogP contribution in [0.2, 0.25) is 0 Å². The zero-order chi connectivity index (χ0) is 14.6. The molecule has 20 heavy (non-hydrogen) atoms. The van der Waals surface area contributed by atoms with Crippen LogP contribution in [0.25, 0.3) is 0 Å². The fourth-order valence-electron chi connectivity index (χ4n) is 3.27. The molecule has 1 aliphatic carbocycles. The molecule has 2 fully saturated rings. The molecule has 2 aliphatic rings. The number of hydrogen-bond acceptors (Lipinski definition) is 4. The lowest BCUT2D eigenvalue weighted by Gasteiger charge is -2.32. The number of piperidine rings is 1. The van der Waals surface area contributed by atoms with Gasteiger partial charge in [-0.2, -0.15) is 0 Å². The van der Waals surface area contributed by atoms with Gasteiger partial charge in [0.05, 0.1) is 5.75 Å². The van der Waals surface area contributed by atoms with Crippen molar-refractivity contribution in [2.24, 2.45) is 22.7 Å². The lowest BCUT2D eigenvalue weighted by Crippen LogP contribution is -2.43. The molecule has 0 atom stereocenters.